The van der Waals surface area contributed by atoms with Gasteiger partial charge in [-0.25, -0.2) is 4.98 Å². The number of hydrogen-bond donors (Lipinski definition) is 0. The molecule has 1 saturated heterocycles. The number of piperidine rings is 1. The predicted octanol–water partition coefficient (Wildman–Crippen LogP) is 2.36. The first-order valence-corrected chi connectivity index (χ1v) is 8.56. The molecule has 1 fully saturated rings. The number of anilines is 1. The van der Waals surface area contributed by atoms with Gasteiger partial charge in [0.1, 0.15) is 0 Å². The molecule has 0 spiro atoms. The van der Waals surface area contributed by atoms with Crippen molar-refractivity contribution in [2.75, 3.05) is 18.5 Å². The number of aromatic nitrogens is 3. The first kappa shape index (κ1) is 15.8. The molecule has 1 aliphatic heterocycles. The van der Waals surface area contributed by atoms with Gasteiger partial charge in [-0.2, -0.15) is 0 Å². The van der Waals surface area contributed by atoms with Crippen molar-refractivity contribution in [1.29, 1.82) is 0 Å². The number of amides is 1. The minimum Gasteiger partial charge on any atom is -0.311 e. The Morgan fingerprint density at radius 2 is 2.08 bits per heavy atom. The Balaban J connectivity index is 1.53. The van der Waals surface area contributed by atoms with Crippen LogP contribution in [-0.4, -0.2) is 44.8 Å². The molecule has 0 aliphatic carbocycles. The molecule has 3 heterocycles. The molecule has 1 amide bonds. The number of imidazole rings is 1. The normalized spacial score (nSPS) is 18.2. The molecule has 0 N–H and O–H groups in total. The van der Waals surface area contributed by atoms with Crippen LogP contribution in [0.5, 0.6) is 0 Å². The Bertz CT molecular complexity index is 876. The average Bonchev–Trinajstić information content (AvgIpc) is 3.05. The van der Waals surface area contributed by atoms with Crippen LogP contribution in [0.1, 0.15) is 18.5 Å². The predicted molar refractivity (Wildman–Crippen MR) is 96.3 cm³/mol. The number of fused-ring (bicyclic) bond motifs is 1. The number of carbonyl (C=O) groups excluding carboxylic acids is 1. The van der Waals surface area contributed by atoms with Gasteiger partial charge in [0.2, 0.25) is 5.91 Å². The summed E-state index contributed by atoms with van der Waals surface area (Å²) in [5, 5.41) is 0. The third-order valence-corrected chi connectivity index (χ3v) is 4.82. The molecule has 3 aromatic rings. The highest BCUT2D eigenvalue weighted by atomic mass is 16.2. The van der Waals surface area contributed by atoms with Crippen LogP contribution >= 0.6 is 0 Å². The van der Waals surface area contributed by atoms with Crippen LogP contribution in [0.25, 0.3) is 5.65 Å². The number of rotatable bonds is 4. The van der Waals surface area contributed by atoms with Crippen molar-refractivity contribution in [3.05, 3.63) is 60.8 Å². The summed E-state index contributed by atoms with van der Waals surface area (Å²) < 4.78 is 2.02. The zero-order valence-electron chi connectivity index (χ0n) is 14.2. The van der Waals surface area contributed by atoms with E-state index in [1.54, 1.807) is 12.4 Å². The van der Waals surface area contributed by atoms with E-state index in [0.29, 0.717) is 6.54 Å². The fourth-order valence-corrected chi connectivity index (χ4v) is 3.51. The van der Waals surface area contributed by atoms with E-state index in [9.17, 15) is 4.79 Å². The number of likely N-dealkylation sites (N-methyl/N-ethyl adjacent to an activating group) is 1. The van der Waals surface area contributed by atoms with Crippen molar-refractivity contribution >= 4 is 17.2 Å². The Labute approximate surface area is 146 Å². The lowest BCUT2D eigenvalue weighted by Gasteiger charge is -2.36. The van der Waals surface area contributed by atoms with Crippen molar-refractivity contribution in [1.82, 2.24) is 19.3 Å². The first-order valence-electron chi connectivity index (χ1n) is 8.56. The molecule has 1 atom stereocenters. The number of benzene rings is 1. The Morgan fingerprint density at radius 1 is 1.24 bits per heavy atom. The standard InChI is InChI=1S/C19H21N5O/c1-22(14-16-12-21-18-13-20-9-11-23(16)18)17-8-5-10-24(19(17)25)15-6-3-2-4-7-15/h2-4,6-7,9,11-13,17H,5,8,10,14H2,1H3/t17-/m0/s1. The maximum absolute atomic E-state index is 13.0. The molecule has 25 heavy (non-hydrogen) atoms. The average molecular weight is 335 g/mol. The maximum Gasteiger partial charge on any atom is 0.244 e. The molecule has 6 nitrogen and oxygen atoms in total. The summed E-state index contributed by atoms with van der Waals surface area (Å²) in [6.07, 6.45) is 9.15. The molecule has 6 heteroatoms. The van der Waals surface area contributed by atoms with E-state index in [1.165, 1.54) is 0 Å². The molecule has 128 valence electrons. The van der Waals surface area contributed by atoms with Gasteiger partial charge in [0, 0.05) is 31.2 Å². The second-order valence-corrected chi connectivity index (χ2v) is 6.45. The van der Waals surface area contributed by atoms with Crippen molar-refractivity contribution < 1.29 is 4.79 Å². The molecule has 4 rings (SSSR count). The highest BCUT2D eigenvalue weighted by Gasteiger charge is 2.32. The first-order chi connectivity index (χ1) is 12.2. The fourth-order valence-electron chi connectivity index (χ4n) is 3.51. The number of hydrogen-bond acceptors (Lipinski definition) is 4. The summed E-state index contributed by atoms with van der Waals surface area (Å²) in [4.78, 5) is 25.5. The molecular formula is C19H21N5O. The van der Waals surface area contributed by atoms with Crippen LogP contribution in [-0.2, 0) is 11.3 Å². The van der Waals surface area contributed by atoms with E-state index in [0.717, 1.165) is 36.4 Å². The van der Waals surface area contributed by atoms with Crippen LogP contribution < -0.4 is 4.90 Å². The van der Waals surface area contributed by atoms with Crippen LogP contribution in [0.4, 0.5) is 5.69 Å². The van der Waals surface area contributed by atoms with Gasteiger partial charge in [-0.15, -0.1) is 0 Å². The quantitative estimate of drug-likeness (QED) is 0.734. The van der Waals surface area contributed by atoms with Gasteiger partial charge < -0.3 is 4.90 Å². The molecule has 0 saturated carbocycles. The fraction of sp³-hybridized carbons (Fsp3) is 0.316. The zero-order valence-corrected chi connectivity index (χ0v) is 14.2. The molecule has 0 unspecified atom stereocenters. The van der Waals surface area contributed by atoms with Gasteiger partial charge >= 0.3 is 0 Å². The van der Waals surface area contributed by atoms with Gasteiger partial charge in [-0.3, -0.25) is 19.1 Å². The summed E-state index contributed by atoms with van der Waals surface area (Å²) in [6.45, 7) is 1.46. The van der Waals surface area contributed by atoms with Gasteiger partial charge in [0.25, 0.3) is 0 Å². The van der Waals surface area contributed by atoms with Gasteiger partial charge in [0.15, 0.2) is 5.65 Å². The summed E-state index contributed by atoms with van der Waals surface area (Å²) in [7, 11) is 2.01. The molecule has 0 bridgehead atoms. The minimum atomic E-state index is -0.110. The lowest BCUT2D eigenvalue weighted by Crippen LogP contribution is -2.51. The van der Waals surface area contributed by atoms with Gasteiger partial charge in [-0.1, -0.05) is 18.2 Å². The van der Waals surface area contributed by atoms with E-state index in [-0.39, 0.29) is 11.9 Å². The summed E-state index contributed by atoms with van der Waals surface area (Å²) in [5.41, 5.74) is 2.86. The number of nitrogens with zero attached hydrogens (tertiary/aromatic N) is 5. The van der Waals surface area contributed by atoms with Crippen molar-refractivity contribution in [2.45, 2.75) is 25.4 Å². The zero-order chi connectivity index (χ0) is 17.2. The van der Waals surface area contributed by atoms with Crippen LogP contribution in [0.2, 0.25) is 0 Å². The third kappa shape index (κ3) is 3.00. The van der Waals surface area contributed by atoms with Crippen molar-refractivity contribution in [2.24, 2.45) is 0 Å². The second-order valence-electron chi connectivity index (χ2n) is 6.45. The molecular weight excluding hydrogens is 314 g/mol. The summed E-state index contributed by atoms with van der Waals surface area (Å²) in [6, 6.07) is 9.81. The Morgan fingerprint density at radius 3 is 2.92 bits per heavy atom. The highest BCUT2D eigenvalue weighted by Crippen LogP contribution is 2.24. The minimum absolute atomic E-state index is 0.110. The van der Waals surface area contributed by atoms with Crippen LogP contribution in [0.3, 0.4) is 0 Å². The largest absolute Gasteiger partial charge is 0.311 e. The van der Waals surface area contributed by atoms with Gasteiger partial charge in [-0.05, 0) is 32.0 Å². The smallest absolute Gasteiger partial charge is 0.244 e. The lowest BCUT2D eigenvalue weighted by atomic mass is 10.0. The topological polar surface area (TPSA) is 53.7 Å². The molecule has 2 aromatic heterocycles. The van der Waals surface area contributed by atoms with Crippen LogP contribution in [0.15, 0.2) is 55.1 Å². The number of para-hydroxylation sites is 1. The van der Waals surface area contributed by atoms with Crippen molar-refractivity contribution in [3.63, 3.8) is 0 Å². The van der Waals surface area contributed by atoms with E-state index >= 15 is 0 Å². The molecule has 0 radical (unpaired) electrons. The van der Waals surface area contributed by atoms with E-state index in [1.807, 2.05) is 59.1 Å². The van der Waals surface area contributed by atoms with Gasteiger partial charge in [0.05, 0.1) is 24.1 Å². The summed E-state index contributed by atoms with van der Waals surface area (Å²) >= 11 is 0. The van der Waals surface area contributed by atoms with Crippen LogP contribution in [0, 0.1) is 0 Å². The number of carbonyl (C=O) groups is 1. The Kier molecular flexibility index (Phi) is 4.19. The van der Waals surface area contributed by atoms with Crippen molar-refractivity contribution in [3.8, 4) is 0 Å². The maximum atomic E-state index is 13.0. The third-order valence-electron chi connectivity index (χ3n) is 4.82. The Hall–Kier alpha value is -2.73. The monoisotopic (exact) mass is 335 g/mol. The lowest BCUT2D eigenvalue weighted by molar-refractivity contribution is -0.125. The molecule has 1 aromatic carbocycles. The van der Waals surface area contributed by atoms with E-state index < -0.39 is 0 Å². The highest BCUT2D eigenvalue weighted by molar-refractivity contribution is 5.97. The SMILES string of the molecule is CN(Cc1cnc2cnccn12)[C@H]1CCCN(c2ccccc2)C1=O. The molecule has 1 aliphatic rings. The van der Waals surface area contributed by atoms with E-state index in [2.05, 4.69) is 14.9 Å². The second kappa shape index (κ2) is 6.64. The van der Waals surface area contributed by atoms with E-state index in [4.69, 9.17) is 0 Å². The summed E-state index contributed by atoms with van der Waals surface area (Å²) in [5.74, 6) is 0.176.